The van der Waals surface area contributed by atoms with Crippen LogP contribution >= 0.6 is 0 Å². The van der Waals surface area contributed by atoms with Gasteiger partial charge in [-0.25, -0.2) is 14.0 Å². The number of carbonyl (C=O) groups is 1. The lowest BCUT2D eigenvalue weighted by Gasteiger charge is -2.08. The van der Waals surface area contributed by atoms with E-state index in [0.29, 0.717) is 10.6 Å². The molecule has 3 aromatic rings. The van der Waals surface area contributed by atoms with E-state index in [1.54, 1.807) is 35.0 Å². The maximum absolute atomic E-state index is 11.5. The first kappa shape index (κ1) is 16.1. The number of aryl methyl sites for hydroxylation is 1. The molecule has 1 atom stereocenters. The number of amides is 1. The summed E-state index contributed by atoms with van der Waals surface area (Å²) < 4.78 is 12.9. The third-order valence-corrected chi connectivity index (χ3v) is 4.36. The first-order valence-corrected chi connectivity index (χ1v) is 8.40. The summed E-state index contributed by atoms with van der Waals surface area (Å²) in [6.45, 7) is 2.00. The molecule has 0 bridgehead atoms. The van der Waals surface area contributed by atoms with Crippen molar-refractivity contribution in [3.05, 3.63) is 65.9 Å². The van der Waals surface area contributed by atoms with Crippen molar-refractivity contribution in [1.82, 2.24) is 9.78 Å². The van der Waals surface area contributed by atoms with Crippen LogP contribution in [-0.4, -0.2) is 19.9 Å². The van der Waals surface area contributed by atoms with Gasteiger partial charge in [0.2, 0.25) is 0 Å². The average molecular weight is 340 g/mol. The van der Waals surface area contributed by atoms with Gasteiger partial charge in [0, 0.05) is 5.56 Å². The lowest BCUT2D eigenvalue weighted by atomic mass is 10.1. The molecule has 1 unspecified atom stereocenters. The summed E-state index contributed by atoms with van der Waals surface area (Å²) in [6.07, 6.45) is 0. The zero-order valence-electron chi connectivity index (χ0n) is 13.0. The van der Waals surface area contributed by atoms with Gasteiger partial charge in [-0.1, -0.05) is 29.8 Å². The third-order valence-electron chi connectivity index (χ3n) is 3.62. The summed E-state index contributed by atoms with van der Waals surface area (Å²) in [5, 5.41) is 9.66. The molecule has 6 nitrogen and oxygen atoms in total. The van der Waals surface area contributed by atoms with E-state index in [1.807, 2.05) is 31.2 Å². The smallest absolute Gasteiger partial charge is 0.269 e. The molecule has 1 heterocycles. The fourth-order valence-electron chi connectivity index (χ4n) is 2.35. The molecule has 0 aliphatic rings. The number of nitrogens with two attached hydrogens (primary N) is 2. The van der Waals surface area contributed by atoms with Crippen LogP contribution < -0.4 is 10.9 Å². The van der Waals surface area contributed by atoms with Gasteiger partial charge < -0.3 is 5.73 Å². The Hall–Kier alpha value is -2.77. The molecular weight excluding hydrogens is 324 g/mol. The van der Waals surface area contributed by atoms with Gasteiger partial charge in [0.25, 0.3) is 5.91 Å². The molecule has 4 N–H and O–H groups in total. The van der Waals surface area contributed by atoms with E-state index in [2.05, 4.69) is 5.10 Å². The zero-order valence-corrected chi connectivity index (χ0v) is 13.8. The summed E-state index contributed by atoms with van der Waals surface area (Å²) in [5.74, 6) is -0.596. The van der Waals surface area contributed by atoms with E-state index in [1.165, 1.54) is 0 Å². The number of primary amides is 1. The summed E-state index contributed by atoms with van der Waals surface area (Å²) in [7, 11) is -1.54. The molecule has 24 heavy (non-hydrogen) atoms. The van der Waals surface area contributed by atoms with Crippen LogP contribution in [0.2, 0.25) is 0 Å². The number of nitrogens with zero attached hydrogens (tertiary/aromatic N) is 2. The molecule has 0 fully saturated rings. The highest BCUT2D eigenvalue weighted by molar-refractivity contribution is 7.82. The van der Waals surface area contributed by atoms with E-state index < -0.39 is 16.9 Å². The minimum Gasteiger partial charge on any atom is -0.364 e. The SMILES string of the molecule is Cc1ccc(-c2cc(C(N)=O)nn2-c2ccc(S(N)=O)cc2)cc1. The highest BCUT2D eigenvalue weighted by atomic mass is 32.2. The number of benzene rings is 2. The Balaban J connectivity index is 2.13. The fourth-order valence-corrected chi connectivity index (χ4v) is 2.75. The minimum absolute atomic E-state index is 0.178. The molecule has 122 valence electrons. The van der Waals surface area contributed by atoms with Crippen LogP contribution in [0.5, 0.6) is 0 Å². The van der Waals surface area contributed by atoms with Crippen molar-refractivity contribution in [2.45, 2.75) is 11.8 Å². The Morgan fingerprint density at radius 1 is 1.08 bits per heavy atom. The van der Waals surface area contributed by atoms with Gasteiger partial charge in [-0.2, -0.15) is 5.10 Å². The van der Waals surface area contributed by atoms with Crippen molar-refractivity contribution in [2.75, 3.05) is 0 Å². The van der Waals surface area contributed by atoms with Crippen LogP contribution in [0.3, 0.4) is 0 Å². The van der Waals surface area contributed by atoms with Gasteiger partial charge in [-0.05, 0) is 37.3 Å². The van der Waals surface area contributed by atoms with Crippen LogP contribution in [-0.2, 0) is 11.0 Å². The van der Waals surface area contributed by atoms with Crippen molar-refractivity contribution in [1.29, 1.82) is 0 Å². The van der Waals surface area contributed by atoms with Crippen molar-refractivity contribution in [2.24, 2.45) is 10.9 Å². The molecule has 3 rings (SSSR count). The third kappa shape index (κ3) is 3.12. The van der Waals surface area contributed by atoms with Crippen LogP contribution in [0.1, 0.15) is 16.1 Å². The molecule has 0 saturated heterocycles. The highest BCUT2D eigenvalue weighted by Gasteiger charge is 2.15. The van der Waals surface area contributed by atoms with Crippen LogP contribution in [0.15, 0.2) is 59.5 Å². The van der Waals surface area contributed by atoms with Crippen molar-refractivity contribution < 1.29 is 9.00 Å². The van der Waals surface area contributed by atoms with Crippen molar-refractivity contribution in [3.8, 4) is 16.9 Å². The van der Waals surface area contributed by atoms with Gasteiger partial charge in [-0.15, -0.1) is 0 Å². The number of hydrogen-bond donors (Lipinski definition) is 2. The Kier molecular flexibility index (Phi) is 4.28. The standard InChI is InChI=1S/C17H16N4O2S/c1-11-2-4-12(5-3-11)16-10-15(17(18)22)20-21(16)13-6-8-14(9-7-13)24(19)23/h2-10H,19H2,1H3,(H2,18,22). The van der Waals surface area contributed by atoms with E-state index >= 15 is 0 Å². The Morgan fingerprint density at radius 3 is 2.25 bits per heavy atom. The van der Waals surface area contributed by atoms with E-state index in [9.17, 15) is 9.00 Å². The second kappa shape index (κ2) is 6.38. The normalized spacial score (nSPS) is 12.1. The molecule has 7 heteroatoms. The minimum atomic E-state index is -1.54. The Bertz CT molecular complexity index is 915. The molecule has 1 aromatic heterocycles. The van der Waals surface area contributed by atoms with Gasteiger partial charge in [0.1, 0.15) is 11.0 Å². The monoisotopic (exact) mass is 340 g/mol. The zero-order chi connectivity index (χ0) is 17.3. The topological polar surface area (TPSA) is 104 Å². The van der Waals surface area contributed by atoms with Crippen molar-refractivity contribution >= 4 is 16.9 Å². The Morgan fingerprint density at radius 2 is 1.71 bits per heavy atom. The molecule has 0 saturated carbocycles. The van der Waals surface area contributed by atoms with Gasteiger partial charge in [-0.3, -0.25) is 4.79 Å². The second-order valence-corrected chi connectivity index (χ2v) is 6.41. The summed E-state index contributed by atoms with van der Waals surface area (Å²) in [5.41, 5.74) is 9.05. The largest absolute Gasteiger partial charge is 0.364 e. The van der Waals surface area contributed by atoms with Crippen LogP contribution in [0.4, 0.5) is 0 Å². The molecule has 1 amide bonds. The van der Waals surface area contributed by atoms with Gasteiger partial charge in [0.05, 0.1) is 16.3 Å². The van der Waals surface area contributed by atoms with Gasteiger partial charge in [0.15, 0.2) is 5.69 Å². The quantitative estimate of drug-likeness (QED) is 0.758. The maximum atomic E-state index is 11.5. The highest BCUT2D eigenvalue weighted by Crippen LogP contribution is 2.25. The summed E-state index contributed by atoms with van der Waals surface area (Å²) in [6, 6.07) is 16.3. The van der Waals surface area contributed by atoms with Crippen LogP contribution in [0.25, 0.3) is 16.9 Å². The first-order chi connectivity index (χ1) is 11.5. The van der Waals surface area contributed by atoms with E-state index in [-0.39, 0.29) is 5.69 Å². The van der Waals surface area contributed by atoms with Crippen LogP contribution in [0, 0.1) is 6.92 Å². The number of rotatable bonds is 4. The average Bonchev–Trinajstić information content (AvgIpc) is 3.01. The number of aromatic nitrogens is 2. The number of carbonyl (C=O) groups excluding carboxylic acids is 1. The predicted octanol–water partition coefficient (Wildman–Crippen LogP) is 1.93. The van der Waals surface area contributed by atoms with E-state index in [0.717, 1.165) is 16.8 Å². The lowest BCUT2D eigenvalue weighted by molar-refractivity contribution is 0.0995. The molecule has 0 aliphatic heterocycles. The summed E-state index contributed by atoms with van der Waals surface area (Å²) in [4.78, 5) is 12.0. The molecule has 2 aromatic carbocycles. The molecular formula is C17H16N4O2S. The second-order valence-electron chi connectivity index (χ2n) is 5.35. The lowest BCUT2D eigenvalue weighted by Crippen LogP contribution is -2.12. The molecule has 0 spiro atoms. The molecule has 0 aliphatic carbocycles. The van der Waals surface area contributed by atoms with E-state index in [4.69, 9.17) is 10.9 Å². The summed E-state index contributed by atoms with van der Waals surface area (Å²) >= 11 is 0. The fraction of sp³-hybridized carbons (Fsp3) is 0.0588. The van der Waals surface area contributed by atoms with Gasteiger partial charge >= 0.3 is 0 Å². The first-order valence-electron chi connectivity index (χ1n) is 7.19. The Labute approximate surface area is 141 Å². The predicted molar refractivity (Wildman–Crippen MR) is 92.9 cm³/mol. The molecule has 0 radical (unpaired) electrons. The van der Waals surface area contributed by atoms with Crippen molar-refractivity contribution in [3.63, 3.8) is 0 Å². The number of hydrogen-bond acceptors (Lipinski definition) is 3. The maximum Gasteiger partial charge on any atom is 0.269 e.